The number of benzene rings is 1. The highest BCUT2D eigenvalue weighted by Crippen LogP contribution is 2.30. The summed E-state index contributed by atoms with van der Waals surface area (Å²) in [6.45, 7) is 2.97. The number of halogens is 2. The molecule has 0 aliphatic heterocycles. The van der Waals surface area contributed by atoms with Crippen LogP contribution in [0.15, 0.2) is 39.5 Å². The van der Waals surface area contributed by atoms with Crippen molar-refractivity contribution in [3.05, 3.63) is 50.7 Å². The molecule has 18 heavy (non-hydrogen) atoms. The molecular formula is C13H14Br2N2O. The molecule has 5 heteroatoms. The van der Waals surface area contributed by atoms with Crippen molar-refractivity contribution in [2.45, 2.75) is 26.0 Å². The van der Waals surface area contributed by atoms with Gasteiger partial charge in [-0.1, -0.05) is 44.8 Å². The van der Waals surface area contributed by atoms with Gasteiger partial charge in [0.15, 0.2) is 0 Å². The van der Waals surface area contributed by atoms with Crippen LogP contribution < -0.4 is 0 Å². The van der Waals surface area contributed by atoms with E-state index < -0.39 is 6.10 Å². The minimum atomic E-state index is -0.655. The Labute approximate surface area is 123 Å². The van der Waals surface area contributed by atoms with Gasteiger partial charge in [-0.25, -0.2) is 0 Å². The van der Waals surface area contributed by atoms with Crippen molar-refractivity contribution in [1.29, 1.82) is 0 Å². The molecule has 0 aliphatic rings. The van der Waals surface area contributed by atoms with E-state index in [0.717, 1.165) is 33.0 Å². The normalized spacial score (nSPS) is 12.7. The van der Waals surface area contributed by atoms with Gasteiger partial charge in [0, 0.05) is 27.3 Å². The third kappa shape index (κ3) is 3.02. The van der Waals surface area contributed by atoms with E-state index in [1.165, 1.54) is 0 Å². The summed E-state index contributed by atoms with van der Waals surface area (Å²) in [5.41, 5.74) is 1.65. The Balaban J connectivity index is 2.26. The molecule has 0 bridgehead atoms. The summed E-state index contributed by atoms with van der Waals surface area (Å²) in [5, 5.41) is 14.6. The fourth-order valence-corrected chi connectivity index (χ4v) is 3.04. The Morgan fingerprint density at radius 3 is 2.83 bits per heavy atom. The summed E-state index contributed by atoms with van der Waals surface area (Å²) in [7, 11) is 0. The summed E-state index contributed by atoms with van der Waals surface area (Å²) in [4.78, 5) is 0. The Hall–Kier alpha value is -0.650. The van der Waals surface area contributed by atoms with E-state index >= 15 is 0 Å². The molecule has 1 atom stereocenters. The van der Waals surface area contributed by atoms with Crippen molar-refractivity contribution in [2.75, 3.05) is 0 Å². The Kier molecular flexibility index (Phi) is 4.59. The van der Waals surface area contributed by atoms with E-state index in [4.69, 9.17) is 0 Å². The minimum Gasteiger partial charge on any atom is -0.383 e. The smallest absolute Gasteiger partial charge is 0.108 e. The SMILES string of the molecule is CCCn1cc(C(O)c2ccc(Br)cc2Br)cn1. The third-order valence-electron chi connectivity index (χ3n) is 2.68. The molecule has 1 heterocycles. The molecule has 1 aromatic heterocycles. The zero-order valence-corrected chi connectivity index (χ0v) is 13.1. The summed E-state index contributed by atoms with van der Waals surface area (Å²) >= 11 is 6.86. The van der Waals surface area contributed by atoms with E-state index in [0.29, 0.717) is 0 Å². The molecule has 1 aromatic carbocycles. The second kappa shape index (κ2) is 5.99. The first-order chi connectivity index (χ1) is 8.61. The van der Waals surface area contributed by atoms with E-state index in [-0.39, 0.29) is 0 Å². The van der Waals surface area contributed by atoms with E-state index in [1.807, 2.05) is 29.1 Å². The Bertz CT molecular complexity index is 540. The molecule has 3 nitrogen and oxygen atoms in total. The highest BCUT2D eigenvalue weighted by atomic mass is 79.9. The monoisotopic (exact) mass is 372 g/mol. The maximum Gasteiger partial charge on any atom is 0.108 e. The summed E-state index contributed by atoms with van der Waals surface area (Å²) in [6.07, 6.45) is 3.98. The second-order valence-corrected chi connectivity index (χ2v) is 5.88. The van der Waals surface area contributed by atoms with Crippen molar-refractivity contribution in [3.63, 3.8) is 0 Å². The summed E-state index contributed by atoms with van der Waals surface area (Å²) in [6, 6.07) is 5.74. The first-order valence-corrected chi connectivity index (χ1v) is 7.35. The van der Waals surface area contributed by atoms with Gasteiger partial charge in [-0.05, 0) is 24.1 Å². The van der Waals surface area contributed by atoms with Gasteiger partial charge in [0.25, 0.3) is 0 Å². The standard InChI is InChI=1S/C13H14Br2N2O/c1-2-5-17-8-9(7-16-17)13(18)11-4-3-10(14)6-12(11)15/h3-4,6-8,13,18H,2,5H2,1H3. The number of aliphatic hydroxyl groups excluding tert-OH is 1. The van der Waals surface area contributed by atoms with Crippen molar-refractivity contribution in [3.8, 4) is 0 Å². The number of aryl methyl sites for hydroxylation is 1. The van der Waals surface area contributed by atoms with Crippen LogP contribution in [-0.4, -0.2) is 14.9 Å². The molecule has 1 N–H and O–H groups in total. The molecule has 1 unspecified atom stereocenters. The number of aliphatic hydroxyl groups is 1. The quantitative estimate of drug-likeness (QED) is 0.882. The highest BCUT2D eigenvalue weighted by Gasteiger charge is 2.15. The molecule has 0 radical (unpaired) electrons. The lowest BCUT2D eigenvalue weighted by molar-refractivity contribution is 0.219. The Morgan fingerprint density at radius 2 is 2.17 bits per heavy atom. The van der Waals surface area contributed by atoms with Gasteiger partial charge < -0.3 is 5.11 Å². The summed E-state index contributed by atoms with van der Waals surface area (Å²) in [5.74, 6) is 0. The van der Waals surface area contributed by atoms with Crippen molar-refractivity contribution < 1.29 is 5.11 Å². The number of hydrogen-bond acceptors (Lipinski definition) is 2. The largest absolute Gasteiger partial charge is 0.383 e. The van der Waals surface area contributed by atoms with Gasteiger partial charge >= 0.3 is 0 Å². The van der Waals surface area contributed by atoms with E-state index in [9.17, 15) is 5.11 Å². The number of hydrogen-bond donors (Lipinski definition) is 1. The molecule has 0 saturated heterocycles. The molecule has 0 fully saturated rings. The Morgan fingerprint density at radius 1 is 1.39 bits per heavy atom. The van der Waals surface area contributed by atoms with Gasteiger partial charge in [-0.2, -0.15) is 5.10 Å². The van der Waals surface area contributed by atoms with Crippen LogP contribution in [0, 0.1) is 0 Å². The van der Waals surface area contributed by atoms with Gasteiger partial charge in [0.05, 0.1) is 6.20 Å². The lowest BCUT2D eigenvalue weighted by Gasteiger charge is -2.11. The van der Waals surface area contributed by atoms with E-state index in [1.54, 1.807) is 6.20 Å². The zero-order valence-electron chi connectivity index (χ0n) is 9.98. The van der Waals surface area contributed by atoms with Gasteiger partial charge in [0.2, 0.25) is 0 Å². The van der Waals surface area contributed by atoms with Gasteiger partial charge in [-0.3, -0.25) is 4.68 Å². The van der Waals surface area contributed by atoms with Crippen molar-refractivity contribution >= 4 is 31.9 Å². The summed E-state index contributed by atoms with van der Waals surface area (Å²) < 4.78 is 3.71. The van der Waals surface area contributed by atoms with Crippen molar-refractivity contribution in [2.24, 2.45) is 0 Å². The van der Waals surface area contributed by atoms with Crippen LogP contribution in [-0.2, 0) is 6.54 Å². The maximum atomic E-state index is 10.3. The average Bonchev–Trinajstić information content (AvgIpc) is 2.77. The topological polar surface area (TPSA) is 38.0 Å². The van der Waals surface area contributed by atoms with Crippen LogP contribution in [0.3, 0.4) is 0 Å². The first kappa shape index (κ1) is 13.8. The number of rotatable bonds is 4. The average molecular weight is 374 g/mol. The molecule has 0 spiro atoms. The lowest BCUT2D eigenvalue weighted by Crippen LogP contribution is -2.00. The van der Waals surface area contributed by atoms with Crippen LogP contribution in [0.1, 0.15) is 30.6 Å². The number of aromatic nitrogens is 2. The molecule has 0 aliphatic carbocycles. The fourth-order valence-electron chi connectivity index (χ4n) is 1.77. The van der Waals surface area contributed by atoms with Crippen LogP contribution in [0.5, 0.6) is 0 Å². The highest BCUT2D eigenvalue weighted by molar-refractivity contribution is 9.11. The molecular weight excluding hydrogens is 360 g/mol. The molecule has 96 valence electrons. The predicted molar refractivity (Wildman–Crippen MR) is 78.4 cm³/mol. The molecule has 0 saturated carbocycles. The fraction of sp³-hybridized carbons (Fsp3) is 0.308. The van der Waals surface area contributed by atoms with E-state index in [2.05, 4.69) is 43.9 Å². The predicted octanol–water partition coefficient (Wildman–Crippen LogP) is 3.90. The van der Waals surface area contributed by atoms with Gasteiger partial charge in [0.1, 0.15) is 6.10 Å². The van der Waals surface area contributed by atoms with Gasteiger partial charge in [-0.15, -0.1) is 0 Å². The van der Waals surface area contributed by atoms with Crippen LogP contribution in [0.2, 0.25) is 0 Å². The zero-order chi connectivity index (χ0) is 13.1. The third-order valence-corrected chi connectivity index (χ3v) is 3.86. The molecule has 2 rings (SSSR count). The second-order valence-electron chi connectivity index (χ2n) is 4.11. The maximum absolute atomic E-state index is 10.3. The van der Waals surface area contributed by atoms with Crippen LogP contribution in [0.25, 0.3) is 0 Å². The van der Waals surface area contributed by atoms with Crippen LogP contribution >= 0.6 is 31.9 Å². The minimum absolute atomic E-state index is 0.655. The number of nitrogens with zero attached hydrogens (tertiary/aromatic N) is 2. The van der Waals surface area contributed by atoms with Crippen molar-refractivity contribution in [1.82, 2.24) is 9.78 Å². The van der Waals surface area contributed by atoms with Crippen LogP contribution in [0.4, 0.5) is 0 Å². The molecule has 0 amide bonds. The lowest BCUT2D eigenvalue weighted by atomic mass is 10.1. The molecule has 2 aromatic rings. The first-order valence-electron chi connectivity index (χ1n) is 5.77.